The standard InChI is InChI=1S/C20H20O7/c1-12-16(26-18(22)13-8-4-2-5-9-13)17(15(21)20(24)25-12)27-19(23)14-10-6-3-7-11-14/h2-12,15-17,20-21,24H,1H3/t12-,15+,16+,17-,20+/m0/s1. The van der Waals surface area contributed by atoms with Crippen LogP contribution >= 0.6 is 0 Å². The first-order valence-corrected chi connectivity index (χ1v) is 8.51. The summed E-state index contributed by atoms with van der Waals surface area (Å²) < 4.78 is 16.0. The van der Waals surface area contributed by atoms with Crippen LogP contribution in [0.3, 0.4) is 0 Å². The number of carbonyl (C=O) groups is 2. The van der Waals surface area contributed by atoms with Gasteiger partial charge in [-0.3, -0.25) is 0 Å². The molecule has 1 heterocycles. The first-order chi connectivity index (χ1) is 13.0. The molecule has 0 unspecified atom stereocenters. The molecule has 1 saturated heterocycles. The Bertz CT molecular complexity index is 777. The Hall–Kier alpha value is -2.74. The highest BCUT2D eigenvalue weighted by atomic mass is 16.7. The molecule has 0 spiro atoms. The van der Waals surface area contributed by atoms with E-state index >= 15 is 0 Å². The molecule has 7 heteroatoms. The lowest BCUT2D eigenvalue weighted by atomic mass is 9.99. The summed E-state index contributed by atoms with van der Waals surface area (Å²) in [7, 11) is 0. The van der Waals surface area contributed by atoms with Crippen molar-refractivity contribution < 1.29 is 34.0 Å². The molecule has 2 aromatic carbocycles. The second kappa shape index (κ2) is 8.30. The van der Waals surface area contributed by atoms with Crippen LogP contribution in [0.2, 0.25) is 0 Å². The van der Waals surface area contributed by atoms with Crippen LogP contribution in [0.5, 0.6) is 0 Å². The summed E-state index contributed by atoms with van der Waals surface area (Å²) in [4.78, 5) is 24.8. The number of rotatable bonds is 4. The number of aliphatic hydroxyl groups is 2. The summed E-state index contributed by atoms with van der Waals surface area (Å²) in [5.41, 5.74) is 0.574. The molecule has 0 bridgehead atoms. The highest BCUT2D eigenvalue weighted by Crippen LogP contribution is 2.26. The van der Waals surface area contributed by atoms with Crippen LogP contribution in [0.1, 0.15) is 27.6 Å². The van der Waals surface area contributed by atoms with Gasteiger partial charge in [0.2, 0.25) is 0 Å². The van der Waals surface area contributed by atoms with E-state index in [1.54, 1.807) is 67.6 Å². The Balaban J connectivity index is 1.80. The summed E-state index contributed by atoms with van der Waals surface area (Å²) in [6.45, 7) is 1.56. The predicted octanol–water partition coefficient (Wildman–Crippen LogP) is 1.54. The fraction of sp³-hybridized carbons (Fsp3) is 0.300. The van der Waals surface area contributed by atoms with Gasteiger partial charge in [0.05, 0.1) is 17.2 Å². The maximum absolute atomic E-state index is 12.4. The summed E-state index contributed by atoms with van der Waals surface area (Å²) in [6.07, 6.45) is -6.32. The molecule has 27 heavy (non-hydrogen) atoms. The van der Waals surface area contributed by atoms with E-state index in [2.05, 4.69) is 0 Å². The smallest absolute Gasteiger partial charge is 0.338 e. The van der Waals surface area contributed by atoms with E-state index in [9.17, 15) is 19.8 Å². The number of benzene rings is 2. The summed E-state index contributed by atoms with van der Waals surface area (Å²) in [6, 6.07) is 16.5. The Morgan fingerprint density at radius 3 is 1.74 bits per heavy atom. The van der Waals surface area contributed by atoms with Crippen LogP contribution in [0.25, 0.3) is 0 Å². The average molecular weight is 372 g/mol. The lowest BCUT2D eigenvalue weighted by molar-refractivity contribution is -0.276. The number of hydrogen-bond donors (Lipinski definition) is 2. The molecule has 142 valence electrons. The van der Waals surface area contributed by atoms with Crippen molar-refractivity contribution in [3.63, 3.8) is 0 Å². The predicted molar refractivity (Wildman–Crippen MR) is 93.9 cm³/mol. The van der Waals surface area contributed by atoms with Crippen molar-refractivity contribution in [1.82, 2.24) is 0 Å². The molecule has 0 saturated carbocycles. The van der Waals surface area contributed by atoms with Crippen LogP contribution in [0.15, 0.2) is 60.7 Å². The van der Waals surface area contributed by atoms with E-state index in [1.165, 1.54) is 0 Å². The number of aliphatic hydroxyl groups excluding tert-OH is 2. The molecule has 0 aliphatic carbocycles. The van der Waals surface area contributed by atoms with Crippen molar-refractivity contribution in [2.24, 2.45) is 0 Å². The van der Waals surface area contributed by atoms with Crippen molar-refractivity contribution in [2.75, 3.05) is 0 Å². The van der Waals surface area contributed by atoms with E-state index in [-0.39, 0.29) is 5.56 Å². The number of esters is 2. The van der Waals surface area contributed by atoms with E-state index in [0.717, 1.165) is 0 Å². The Morgan fingerprint density at radius 2 is 1.26 bits per heavy atom. The van der Waals surface area contributed by atoms with E-state index < -0.39 is 42.6 Å². The summed E-state index contributed by atoms with van der Waals surface area (Å²) >= 11 is 0. The molecular formula is C20H20O7. The molecule has 0 radical (unpaired) electrons. The van der Waals surface area contributed by atoms with E-state index in [0.29, 0.717) is 5.56 Å². The third-order valence-corrected chi connectivity index (χ3v) is 4.27. The van der Waals surface area contributed by atoms with Crippen molar-refractivity contribution in [3.05, 3.63) is 71.8 Å². The second-order valence-corrected chi connectivity index (χ2v) is 6.19. The van der Waals surface area contributed by atoms with Gasteiger partial charge in [0.1, 0.15) is 6.10 Å². The second-order valence-electron chi connectivity index (χ2n) is 6.19. The van der Waals surface area contributed by atoms with Gasteiger partial charge in [-0.1, -0.05) is 36.4 Å². The monoisotopic (exact) mass is 372 g/mol. The molecule has 1 aliphatic heterocycles. The van der Waals surface area contributed by atoms with Gasteiger partial charge in [0.15, 0.2) is 18.5 Å². The maximum Gasteiger partial charge on any atom is 0.338 e. The molecule has 1 aliphatic rings. The van der Waals surface area contributed by atoms with Gasteiger partial charge in [-0.15, -0.1) is 0 Å². The van der Waals surface area contributed by atoms with Crippen LogP contribution in [-0.2, 0) is 14.2 Å². The molecule has 1 fully saturated rings. The van der Waals surface area contributed by atoms with Gasteiger partial charge in [-0.05, 0) is 31.2 Å². The minimum atomic E-state index is -1.57. The normalized spacial score (nSPS) is 27.6. The van der Waals surface area contributed by atoms with Crippen LogP contribution < -0.4 is 0 Å². The van der Waals surface area contributed by atoms with Gasteiger partial charge in [0, 0.05) is 0 Å². The fourth-order valence-electron chi connectivity index (χ4n) is 2.83. The highest BCUT2D eigenvalue weighted by Gasteiger charge is 2.47. The average Bonchev–Trinajstić information content (AvgIpc) is 2.69. The van der Waals surface area contributed by atoms with Crippen LogP contribution in [-0.4, -0.2) is 52.9 Å². The zero-order valence-corrected chi connectivity index (χ0v) is 14.6. The van der Waals surface area contributed by atoms with Crippen molar-refractivity contribution in [1.29, 1.82) is 0 Å². The van der Waals surface area contributed by atoms with Crippen molar-refractivity contribution >= 4 is 11.9 Å². The van der Waals surface area contributed by atoms with Gasteiger partial charge in [-0.25, -0.2) is 9.59 Å². The van der Waals surface area contributed by atoms with Gasteiger partial charge >= 0.3 is 11.9 Å². The number of hydrogen-bond acceptors (Lipinski definition) is 7. The third kappa shape index (κ3) is 4.33. The van der Waals surface area contributed by atoms with Gasteiger partial charge in [-0.2, -0.15) is 0 Å². The SMILES string of the molecule is C[C@@H]1O[C@@H](O)[C@H](O)[C@H](OC(=O)c2ccccc2)[C@@H]1OC(=O)c1ccccc1. The topological polar surface area (TPSA) is 102 Å². The third-order valence-electron chi connectivity index (χ3n) is 4.27. The fourth-order valence-corrected chi connectivity index (χ4v) is 2.83. The minimum absolute atomic E-state index is 0.270. The lowest BCUT2D eigenvalue weighted by Crippen LogP contribution is -2.59. The van der Waals surface area contributed by atoms with E-state index in [1.807, 2.05) is 0 Å². The Labute approximate surface area is 156 Å². The Kier molecular flexibility index (Phi) is 5.85. The highest BCUT2D eigenvalue weighted by molar-refractivity contribution is 5.90. The van der Waals surface area contributed by atoms with Gasteiger partial charge < -0.3 is 24.4 Å². The maximum atomic E-state index is 12.4. The Morgan fingerprint density at radius 1 is 0.815 bits per heavy atom. The first-order valence-electron chi connectivity index (χ1n) is 8.51. The number of ether oxygens (including phenoxy) is 3. The quantitative estimate of drug-likeness (QED) is 0.785. The molecule has 2 aromatic rings. The lowest BCUT2D eigenvalue weighted by Gasteiger charge is -2.40. The summed E-state index contributed by atoms with van der Waals surface area (Å²) in [5.74, 6) is -1.36. The zero-order chi connectivity index (χ0) is 19.4. The largest absolute Gasteiger partial charge is 0.452 e. The molecule has 2 N–H and O–H groups in total. The zero-order valence-electron chi connectivity index (χ0n) is 14.6. The summed E-state index contributed by atoms with van der Waals surface area (Å²) in [5, 5.41) is 20.1. The molecule has 0 aromatic heterocycles. The van der Waals surface area contributed by atoms with Crippen LogP contribution in [0, 0.1) is 0 Å². The van der Waals surface area contributed by atoms with Crippen LogP contribution in [0.4, 0.5) is 0 Å². The van der Waals surface area contributed by atoms with Crippen molar-refractivity contribution in [3.8, 4) is 0 Å². The molecule has 3 rings (SSSR count). The van der Waals surface area contributed by atoms with Gasteiger partial charge in [0.25, 0.3) is 0 Å². The number of carbonyl (C=O) groups excluding carboxylic acids is 2. The minimum Gasteiger partial charge on any atom is -0.452 e. The molecule has 5 atom stereocenters. The van der Waals surface area contributed by atoms with E-state index in [4.69, 9.17) is 14.2 Å². The molecule has 7 nitrogen and oxygen atoms in total. The first kappa shape index (κ1) is 19.0. The van der Waals surface area contributed by atoms with Crippen molar-refractivity contribution in [2.45, 2.75) is 37.6 Å². The molecule has 0 amide bonds. The molecular weight excluding hydrogens is 352 g/mol.